The average molecular weight is 650 g/mol. The van der Waals surface area contributed by atoms with Crippen LogP contribution in [0.25, 0.3) is 0 Å². The van der Waals surface area contributed by atoms with Crippen LogP contribution in [-0.2, 0) is 14.3 Å². The predicted octanol–water partition coefficient (Wildman–Crippen LogP) is 4.62. The molecule has 2 fully saturated rings. The largest absolute Gasteiger partial charge is 0.394 e. The zero-order chi connectivity index (χ0) is 31.3. The molecule has 0 bridgehead atoms. The van der Waals surface area contributed by atoms with Gasteiger partial charge in [0.15, 0.2) is 6.29 Å². The second-order valence-electron chi connectivity index (χ2n) is 12.0. The first-order valence-electron chi connectivity index (χ1n) is 16.7. The highest BCUT2D eigenvalue weighted by Gasteiger charge is 2.44. The molecule has 0 aliphatic carbocycles. The van der Waals surface area contributed by atoms with E-state index in [1.807, 2.05) is 27.7 Å². The topological polar surface area (TPSA) is 149 Å². The van der Waals surface area contributed by atoms with Crippen LogP contribution in [0.15, 0.2) is 12.2 Å². The number of aliphatic hydroxyl groups is 5. The van der Waals surface area contributed by atoms with E-state index < -0.39 is 49.5 Å². The highest BCUT2D eigenvalue weighted by Crippen LogP contribution is 2.39. The maximum atomic E-state index is 12.8. The van der Waals surface area contributed by atoms with Crippen molar-refractivity contribution in [1.82, 2.24) is 5.32 Å². The molecule has 252 valence electrons. The van der Waals surface area contributed by atoms with Crippen molar-refractivity contribution in [2.75, 3.05) is 19.0 Å². The summed E-state index contributed by atoms with van der Waals surface area (Å²) < 4.78 is 11.1. The van der Waals surface area contributed by atoms with Gasteiger partial charge in [0.2, 0.25) is 5.91 Å². The highest BCUT2D eigenvalue weighted by atomic mass is 33.1. The number of hydrogen-bond acceptors (Lipinski definition) is 10. The molecule has 0 aromatic rings. The fourth-order valence-electron chi connectivity index (χ4n) is 5.43. The number of carbonyl (C=O) groups is 1. The van der Waals surface area contributed by atoms with Crippen LogP contribution in [0.1, 0.15) is 116 Å². The van der Waals surface area contributed by atoms with Gasteiger partial charge in [-0.25, -0.2) is 0 Å². The van der Waals surface area contributed by atoms with Crippen LogP contribution in [0.2, 0.25) is 0 Å². The number of allylic oxidation sites excluding steroid dienone is 1. The van der Waals surface area contributed by atoms with Gasteiger partial charge in [0.1, 0.15) is 24.4 Å². The average Bonchev–Trinajstić information content (AvgIpc) is 3.53. The fourth-order valence-corrected chi connectivity index (χ4v) is 8.45. The molecule has 0 aromatic heterocycles. The van der Waals surface area contributed by atoms with Gasteiger partial charge in [0, 0.05) is 17.4 Å². The summed E-state index contributed by atoms with van der Waals surface area (Å²) in [5.41, 5.74) is 0. The summed E-state index contributed by atoms with van der Waals surface area (Å²) >= 11 is 0. The Morgan fingerprint density at radius 1 is 0.953 bits per heavy atom. The van der Waals surface area contributed by atoms with Crippen molar-refractivity contribution < 1.29 is 39.8 Å². The van der Waals surface area contributed by atoms with Gasteiger partial charge in [-0.2, -0.15) is 0 Å². The molecular formula is C32H59NO8S2. The quantitative estimate of drug-likeness (QED) is 0.0497. The minimum absolute atomic E-state index is 0.186. The van der Waals surface area contributed by atoms with E-state index in [0.29, 0.717) is 11.7 Å². The SMILES string of the molecule is CCCCCCCCCCCCC/C=C/[C@@H](O)[C@H](CO[C@@H]1O[C@H](CO)[C@H](O)[C@H](O)[C@H]1O)NC(=O)CCCCC1CCSS1. The molecule has 0 aromatic carbocycles. The molecule has 1 amide bonds. The Hall–Kier alpha value is -0.370. The minimum Gasteiger partial charge on any atom is -0.394 e. The summed E-state index contributed by atoms with van der Waals surface area (Å²) in [5.74, 6) is 1.00. The first-order valence-corrected chi connectivity index (χ1v) is 19.1. The van der Waals surface area contributed by atoms with Gasteiger partial charge in [-0.15, -0.1) is 0 Å². The normalized spacial score (nSPS) is 27.5. The van der Waals surface area contributed by atoms with E-state index >= 15 is 0 Å². The number of carbonyl (C=O) groups excluding carboxylic acids is 1. The van der Waals surface area contributed by atoms with Crippen molar-refractivity contribution in [1.29, 1.82) is 0 Å². The van der Waals surface area contributed by atoms with Crippen LogP contribution in [-0.4, -0.2) is 98.5 Å². The molecule has 2 heterocycles. The number of ether oxygens (including phenoxy) is 2. The molecule has 8 atom stereocenters. The lowest BCUT2D eigenvalue weighted by Crippen LogP contribution is -2.60. The summed E-state index contributed by atoms with van der Waals surface area (Å²) in [4.78, 5) is 12.8. The maximum absolute atomic E-state index is 12.8. The number of rotatable bonds is 24. The number of unbranched alkanes of at least 4 members (excludes halogenated alkanes) is 12. The van der Waals surface area contributed by atoms with E-state index in [1.54, 1.807) is 6.08 Å². The molecule has 6 N–H and O–H groups in total. The Morgan fingerprint density at radius 2 is 1.63 bits per heavy atom. The molecule has 2 aliphatic rings. The third-order valence-corrected chi connectivity index (χ3v) is 11.3. The van der Waals surface area contributed by atoms with E-state index in [0.717, 1.165) is 38.5 Å². The fraction of sp³-hybridized carbons (Fsp3) is 0.906. The Labute approximate surface area is 267 Å². The molecule has 43 heavy (non-hydrogen) atoms. The molecule has 0 saturated carbocycles. The maximum Gasteiger partial charge on any atom is 0.220 e. The standard InChI is InChI=1S/C32H59NO8S2/c1-2-3-4-5-6-7-8-9-10-11-12-13-14-18-26(35)25(33-28(36)19-16-15-17-24-20-21-42-43-24)23-40-32-31(39)30(38)29(37)27(22-34)41-32/h14,18,24-27,29-32,34-35,37-39H,2-13,15-17,19-23H2,1H3,(H,33,36)/b18-14+/t24?,25-,26+,27+,29-,30-,31+,32+/m0/s1. The van der Waals surface area contributed by atoms with Gasteiger partial charge in [-0.05, 0) is 32.1 Å². The Kier molecular flexibility index (Phi) is 21.6. The molecule has 2 rings (SSSR count). The van der Waals surface area contributed by atoms with E-state index in [1.165, 1.54) is 70.0 Å². The molecule has 1 unspecified atom stereocenters. The van der Waals surface area contributed by atoms with Crippen molar-refractivity contribution in [3.8, 4) is 0 Å². The number of hydrogen-bond donors (Lipinski definition) is 6. The Bertz CT molecular complexity index is 740. The molecular weight excluding hydrogens is 590 g/mol. The summed E-state index contributed by atoms with van der Waals surface area (Å²) in [6.45, 7) is 1.50. The van der Waals surface area contributed by atoms with Crippen LogP contribution < -0.4 is 5.32 Å². The summed E-state index contributed by atoms with van der Waals surface area (Å²) in [5, 5.41) is 54.3. The third kappa shape index (κ3) is 16.1. The zero-order valence-corrected chi connectivity index (χ0v) is 27.8. The van der Waals surface area contributed by atoms with Gasteiger partial charge in [0.25, 0.3) is 0 Å². The summed E-state index contributed by atoms with van der Waals surface area (Å²) in [7, 11) is 3.85. The van der Waals surface area contributed by atoms with Crippen LogP contribution in [0.3, 0.4) is 0 Å². The van der Waals surface area contributed by atoms with Crippen molar-refractivity contribution in [3.63, 3.8) is 0 Å². The van der Waals surface area contributed by atoms with Gasteiger partial charge >= 0.3 is 0 Å². The molecule has 2 aliphatic heterocycles. The van der Waals surface area contributed by atoms with Gasteiger partial charge in [-0.3, -0.25) is 4.79 Å². The van der Waals surface area contributed by atoms with Crippen LogP contribution >= 0.6 is 21.6 Å². The molecule has 0 spiro atoms. The zero-order valence-electron chi connectivity index (χ0n) is 26.2. The van der Waals surface area contributed by atoms with E-state index in [4.69, 9.17) is 9.47 Å². The van der Waals surface area contributed by atoms with Gasteiger partial charge in [-0.1, -0.05) is 111 Å². The Morgan fingerprint density at radius 3 is 2.26 bits per heavy atom. The van der Waals surface area contributed by atoms with Crippen LogP contribution in [0, 0.1) is 0 Å². The minimum atomic E-state index is -1.56. The lowest BCUT2D eigenvalue weighted by molar-refractivity contribution is -0.302. The molecule has 2 saturated heterocycles. The first-order chi connectivity index (χ1) is 20.9. The second kappa shape index (κ2) is 23.9. The molecule has 11 heteroatoms. The smallest absolute Gasteiger partial charge is 0.220 e. The van der Waals surface area contributed by atoms with Crippen molar-refractivity contribution in [2.24, 2.45) is 0 Å². The van der Waals surface area contributed by atoms with E-state index in [9.17, 15) is 30.3 Å². The predicted molar refractivity (Wildman–Crippen MR) is 175 cm³/mol. The van der Waals surface area contributed by atoms with Crippen LogP contribution in [0.5, 0.6) is 0 Å². The lowest BCUT2D eigenvalue weighted by Gasteiger charge is -2.40. The Balaban J connectivity index is 1.76. The third-order valence-electron chi connectivity index (χ3n) is 8.26. The van der Waals surface area contributed by atoms with Crippen molar-refractivity contribution >= 4 is 27.5 Å². The lowest BCUT2D eigenvalue weighted by atomic mass is 9.99. The van der Waals surface area contributed by atoms with Gasteiger partial charge < -0.3 is 40.3 Å². The first kappa shape index (κ1) is 38.8. The number of amides is 1. The second-order valence-corrected chi connectivity index (χ2v) is 14.8. The highest BCUT2D eigenvalue weighted by molar-refractivity contribution is 8.77. The van der Waals surface area contributed by atoms with E-state index in [-0.39, 0.29) is 12.5 Å². The van der Waals surface area contributed by atoms with Gasteiger partial charge in [0.05, 0.1) is 25.4 Å². The summed E-state index contributed by atoms with van der Waals surface area (Å²) in [6, 6.07) is -0.796. The van der Waals surface area contributed by atoms with Crippen molar-refractivity contribution in [3.05, 3.63) is 12.2 Å². The molecule has 0 radical (unpaired) electrons. The number of aliphatic hydroxyl groups excluding tert-OH is 5. The van der Waals surface area contributed by atoms with Crippen molar-refractivity contribution in [2.45, 2.75) is 164 Å². The molecule has 9 nitrogen and oxygen atoms in total. The number of nitrogens with one attached hydrogen (secondary N) is 1. The van der Waals surface area contributed by atoms with Crippen LogP contribution in [0.4, 0.5) is 0 Å². The monoisotopic (exact) mass is 649 g/mol. The van der Waals surface area contributed by atoms with E-state index in [2.05, 4.69) is 12.2 Å². The summed E-state index contributed by atoms with van der Waals surface area (Å²) in [6.07, 6.45) is 14.8.